The Kier molecular flexibility index (Phi) is 19.5. The second-order valence-corrected chi connectivity index (χ2v) is 21.2. The van der Waals surface area contributed by atoms with E-state index in [9.17, 15) is 19.5 Å². The van der Waals surface area contributed by atoms with Crippen LogP contribution in [0.2, 0.25) is 0 Å². The van der Waals surface area contributed by atoms with Gasteiger partial charge in [0.1, 0.15) is 23.4 Å². The van der Waals surface area contributed by atoms with Gasteiger partial charge in [-0.1, -0.05) is 69.3 Å². The average Bonchev–Trinajstić information content (AvgIpc) is 3.35. The highest BCUT2D eigenvalue weighted by molar-refractivity contribution is 5.90. The lowest BCUT2D eigenvalue weighted by molar-refractivity contribution is -0.319. The molecule has 2 aromatic rings. The standard InChI is InChI=1S/C55H82N2O14/c1-14-42-55(10,61)47-37(6)56-32-33(2)30-54(9,64-28-22-21-27-63-47)46(71-52-45(41(57(11)12)29-34(3)65-52)69-50(59)39-23-17-15-18-24-39)35(4)44(36(5)49(58)67-42)68-43-31-53(8,62-13)48(38(7)66-43)70-51(60)40-25-19-16-20-26-40/h15-26,33-38,41-48,52,56,61H,14,27-32H2,1-13H3/b22-21-/t33-,34-,35+,36?,37-,38+,41+,42-,43+,44?,45-,46-,47+,48+,52+,53-,54-,55-/m1/s1. The third kappa shape index (κ3) is 13.5. The van der Waals surface area contributed by atoms with E-state index >= 15 is 0 Å². The van der Waals surface area contributed by atoms with E-state index in [0.29, 0.717) is 30.5 Å². The molecule has 3 fully saturated rings. The fraction of sp³-hybridized carbons (Fsp3) is 0.691. The van der Waals surface area contributed by atoms with Gasteiger partial charge in [0.15, 0.2) is 24.8 Å². The number of carbonyl (C=O) groups is 3. The monoisotopic (exact) mass is 995 g/mol. The highest BCUT2D eigenvalue weighted by atomic mass is 16.7. The van der Waals surface area contributed by atoms with Gasteiger partial charge in [-0.05, 0) is 119 Å². The van der Waals surface area contributed by atoms with Crippen LogP contribution in [-0.4, -0.2) is 159 Å². The largest absolute Gasteiger partial charge is 0.459 e. The van der Waals surface area contributed by atoms with Crippen LogP contribution in [0.5, 0.6) is 0 Å². The SMILES string of the molecule is CC[C@H]1OC(=O)C(C)C(O[C@H]2C[C@@](C)(OC)[C@@H](OC(=O)c3ccccc3)[C@H](C)O2)[C@H](C)[C@@H](O[C@@H]2O[C@H](C)C[C@H](N(C)C)[C@H]2OC(=O)c2ccccc2)[C@@]2(C)C[C@@H](C)CN[C@H](C)[C@H](OC/C=C\CO2)[C@]1(C)O. The maximum atomic E-state index is 15.0. The highest BCUT2D eigenvalue weighted by Crippen LogP contribution is 2.42. The number of methoxy groups -OCH3 is 1. The number of fused-ring (bicyclic) bond motifs is 6. The van der Waals surface area contributed by atoms with Crippen LogP contribution in [0.4, 0.5) is 0 Å². The Morgan fingerprint density at radius 2 is 1.44 bits per heavy atom. The highest BCUT2D eigenvalue weighted by Gasteiger charge is 2.55. The molecule has 2 bridgehead atoms. The summed E-state index contributed by atoms with van der Waals surface area (Å²) < 4.78 is 66.5. The molecule has 0 radical (unpaired) electrons. The van der Waals surface area contributed by atoms with Crippen molar-refractivity contribution in [1.29, 1.82) is 0 Å². The summed E-state index contributed by atoms with van der Waals surface area (Å²) in [5, 5.41) is 16.1. The molecule has 0 amide bonds. The van der Waals surface area contributed by atoms with Crippen LogP contribution in [0.1, 0.15) is 116 Å². The lowest BCUT2D eigenvalue weighted by atomic mass is 9.77. The van der Waals surface area contributed by atoms with E-state index in [0.717, 1.165) is 0 Å². The first-order chi connectivity index (χ1) is 33.6. The minimum atomic E-state index is -1.63. The second kappa shape index (κ2) is 24.5. The molecule has 2 N–H and O–H groups in total. The van der Waals surface area contributed by atoms with Crippen molar-refractivity contribution < 1.29 is 66.9 Å². The summed E-state index contributed by atoms with van der Waals surface area (Å²) in [4.78, 5) is 44.4. The van der Waals surface area contributed by atoms with E-state index < -0.39 is 102 Å². The molecule has 0 saturated carbocycles. The smallest absolute Gasteiger partial charge is 0.338 e. The number of rotatable bonds is 11. The molecular formula is C55H82N2O14. The first-order valence-corrected chi connectivity index (χ1v) is 25.5. The normalized spacial score (nSPS) is 40.4. The van der Waals surface area contributed by atoms with Crippen LogP contribution >= 0.6 is 0 Å². The van der Waals surface area contributed by atoms with E-state index in [1.165, 1.54) is 0 Å². The van der Waals surface area contributed by atoms with Gasteiger partial charge in [-0.3, -0.25) is 4.79 Å². The zero-order chi connectivity index (χ0) is 51.8. The number of likely N-dealkylation sites (N-methyl/N-ethyl adjacent to an activating group) is 1. The minimum absolute atomic E-state index is 0.0502. The summed E-state index contributed by atoms with van der Waals surface area (Å²) in [6.45, 7) is 19.7. The van der Waals surface area contributed by atoms with Crippen molar-refractivity contribution in [3.63, 3.8) is 0 Å². The molecule has 18 atom stereocenters. The van der Waals surface area contributed by atoms with Crippen LogP contribution in [0.3, 0.4) is 0 Å². The maximum absolute atomic E-state index is 15.0. The molecule has 396 valence electrons. The number of ether oxygens (including phenoxy) is 10. The van der Waals surface area contributed by atoms with Crippen LogP contribution in [0, 0.1) is 17.8 Å². The number of hydrogen-bond acceptors (Lipinski definition) is 16. The van der Waals surface area contributed by atoms with Crippen molar-refractivity contribution in [2.45, 2.75) is 185 Å². The lowest BCUT2D eigenvalue weighted by Crippen LogP contribution is -2.62. The molecule has 16 heteroatoms. The van der Waals surface area contributed by atoms with Gasteiger partial charge in [0.25, 0.3) is 0 Å². The third-order valence-electron chi connectivity index (χ3n) is 15.1. The molecule has 6 rings (SSSR count). The van der Waals surface area contributed by atoms with E-state index in [-0.39, 0.29) is 50.2 Å². The lowest BCUT2D eigenvalue weighted by Gasteiger charge is -2.50. The molecule has 2 unspecified atom stereocenters. The van der Waals surface area contributed by atoms with Crippen LogP contribution in [0.25, 0.3) is 0 Å². The van der Waals surface area contributed by atoms with Gasteiger partial charge in [-0.2, -0.15) is 0 Å². The van der Waals surface area contributed by atoms with Crippen molar-refractivity contribution >= 4 is 17.9 Å². The molecule has 0 aliphatic carbocycles. The Balaban J connectivity index is 1.47. The number of benzene rings is 2. The molecule has 0 spiro atoms. The van der Waals surface area contributed by atoms with Crippen molar-refractivity contribution in [2.24, 2.45) is 17.8 Å². The quantitative estimate of drug-likeness (QED) is 0.135. The van der Waals surface area contributed by atoms with Crippen molar-refractivity contribution in [1.82, 2.24) is 10.2 Å². The summed E-state index contributed by atoms with van der Waals surface area (Å²) >= 11 is 0. The Bertz CT molecular complexity index is 2060. The van der Waals surface area contributed by atoms with E-state index in [2.05, 4.69) is 12.2 Å². The molecule has 4 heterocycles. The van der Waals surface area contributed by atoms with Crippen LogP contribution in [0.15, 0.2) is 72.8 Å². The van der Waals surface area contributed by atoms with E-state index in [4.69, 9.17) is 47.4 Å². The topological polar surface area (TPSA) is 179 Å². The number of cyclic esters (lactones) is 1. The fourth-order valence-corrected chi connectivity index (χ4v) is 11.2. The Hall–Kier alpha value is -3.81. The maximum Gasteiger partial charge on any atom is 0.338 e. The predicted molar refractivity (Wildman–Crippen MR) is 265 cm³/mol. The second-order valence-electron chi connectivity index (χ2n) is 21.2. The summed E-state index contributed by atoms with van der Waals surface area (Å²) in [7, 11) is 5.44. The molecule has 0 aromatic heterocycles. The first kappa shape index (κ1) is 56.5. The number of aliphatic hydroxyl groups is 1. The summed E-state index contributed by atoms with van der Waals surface area (Å²) in [5.74, 6) is -3.45. The number of nitrogens with zero attached hydrogens (tertiary/aromatic N) is 1. The van der Waals surface area contributed by atoms with Gasteiger partial charge in [-0.15, -0.1) is 0 Å². The van der Waals surface area contributed by atoms with Gasteiger partial charge in [0.2, 0.25) is 0 Å². The van der Waals surface area contributed by atoms with Crippen molar-refractivity contribution in [3.8, 4) is 0 Å². The number of esters is 3. The first-order valence-electron chi connectivity index (χ1n) is 25.5. The predicted octanol–water partition coefficient (Wildman–Crippen LogP) is 6.91. The fourth-order valence-electron chi connectivity index (χ4n) is 11.2. The summed E-state index contributed by atoms with van der Waals surface area (Å²) in [6.07, 6.45) is -3.46. The Morgan fingerprint density at radius 3 is 2.04 bits per heavy atom. The van der Waals surface area contributed by atoms with E-state index in [1.807, 2.05) is 84.8 Å². The molecule has 4 aliphatic rings. The zero-order valence-electron chi connectivity index (χ0n) is 44.2. The molecule has 4 aliphatic heterocycles. The zero-order valence-corrected chi connectivity index (χ0v) is 44.2. The summed E-state index contributed by atoms with van der Waals surface area (Å²) in [5.41, 5.74) is -3.09. The van der Waals surface area contributed by atoms with Gasteiger partial charge in [0, 0.05) is 25.5 Å². The molecule has 2 aromatic carbocycles. The van der Waals surface area contributed by atoms with E-state index in [1.54, 1.807) is 76.4 Å². The van der Waals surface area contributed by atoms with Crippen molar-refractivity contribution in [2.75, 3.05) is 41.0 Å². The number of hydrogen-bond donors (Lipinski definition) is 2. The molecule has 16 nitrogen and oxygen atoms in total. The van der Waals surface area contributed by atoms with Gasteiger partial charge in [-0.25, -0.2) is 9.59 Å². The van der Waals surface area contributed by atoms with Gasteiger partial charge >= 0.3 is 17.9 Å². The number of carbonyl (C=O) groups excluding carboxylic acids is 3. The van der Waals surface area contributed by atoms with Crippen LogP contribution in [-0.2, 0) is 52.2 Å². The Labute approximate surface area is 421 Å². The van der Waals surface area contributed by atoms with Crippen LogP contribution < -0.4 is 5.32 Å². The average molecular weight is 995 g/mol. The Morgan fingerprint density at radius 1 is 0.817 bits per heavy atom. The van der Waals surface area contributed by atoms with Gasteiger partial charge < -0.3 is 62.7 Å². The van der Waals surface area contributed by atoms with Gasteiger partial charge in [0.05, 0.1) is 66.3 Å². The van der Waals surface area contributed by atoms with Crippen molar-refractivity contribution in [3.05, 3.63) is 83.9 Å². The summed E-state index contributed by atoms with van der Waals surface area (Å²) in [6, 6.07) is 16.9. The molecule has 3 saturated heterocycles. The minimum Gasteiger partial charge on any atom is -0.459 e. The molecular weight excluding hydrogens is 913 g/mol. The number of nitrogens with one attached hydrogen (secondary N) is 1. The third-order valence-corrected chi connectivity index (χ3v) is 15.1. The molecule has 71 heavy (non-hydrogen) atoms.